The minimum atomic E-state index is 0.0830. The van der Waals surface area contributed by atoms with Gasteiger partial charge >= 0.3 is 0 Å². The van der Waals surface area contributed by atoms with E-state index in [0.717, 1.165) is 17.0 Å². The Morgan fingerprint density at radius 3 is 1.19 bits per heavy atom. The van der Waals surface area contributed by atoms with Crippen molar-refractivity contribution in [2.45, 2.75) is 33.1 Å². The van der Waals surface area contributed by atoms with Gasteiger partial charge in [-0.3, -0.25) is 0 Å². The molecule has 0 saturated carbocycles. The molecule has 57 heavy (non-hydrogen) atoms. The van der Waals surface area contributed by atoms with E-state index in [4.69, 9.17) is 0 Å². The summed E-state index contributed by atoms with van der Waals surface area (Å²) in [5.74, 6) is 2.16. The first kappa shape index (κ1) is 38.4. The maximum atomic E-state index is 4.55. The molecule has 0 amide bonds. The van der Waals surface area contributed by atoms with E-state index < -0.39 is 0 Å². The molecule has 0 bridgehead atoms. The van der Waals surface area contributed by atoms with E-state index in [1.165, 1.54) is 49.9 Å². The van der Waals surface area contributed by atoms with E-state index in [9.17, 15) is 0 Å². The van der Waals surface area contributed by atoms with Gasteiger partial charge < -0.3 is 9.47 Å². The fourth-order valence-corrected chi connectivity index (χ4v) is 7.43. The van der Waals surface area contributed by atoms with Gasteiger partial charge in [0, 0.05) is 63.8 Å². The summed E-state index contributed by atoms with van der Waals surface area (Å²) in [4.78, 5) is 15.7. The van der Waals surface area contributed by atoms with Gasteiger partial charge in [0.1, 0.15) is 5.82 Å². The van der Waals surface area contributed by atoms with Crippen molar-refractivity contribution < 1.29 is 0 Å². The van der Waals surface area contributed by atoms with Gasteiger partial charge in [-0.05, 0) is 49.2 Å². The molecule has 0 radical (unpaired) electrons. The monoisotopic (exact) mass is 743 g/mol. The molecule has 0 unspecified atom stereocenters. The lowest BCUT2D eigenvalue weighted by Crippen LogP contribution is -2.30. The van der Waals surface area contributed by atoms with Crippen LogP contribution in [0.1, 0.15) is 36.4 Å². The van der Waals surface area contributed by atoms with Crippen LogP contribution in [0.15, 0.2) is 188 Å². The van der Waals surface area contributed by atoms with Crippen molar-refractivity contribution in [2.24, 2.45) is 7.05 Å². The number of fused-ring (bicyclic) bond motifs is 5. The van der Waals surface area contributed by atoms with Crippen LogP contribution in [0.3, 0.4) is 0 Å². The molecule has 5 nitrogen and oxygen atoms in total. The second kappa shape index (κ2) is 17.3. The summed E-state index contributed by atoms with van der Waals surface area (Å²) in [5, 5.41) is 2.68. The van der Waals surface area contributed by atoms with Crippen LogP contribution in [0.25, 0.3) is 44.6 Å². The van der Waals surface area contributed by atoms with Gasteiger partial charge in [0.05, 0.1) is 0 Å². The number of nitrogens with zero attached hydrogens (tertiary/aromatic N) is 5. The third-order valence-electron chi connectivity index (χ3n) is 10.5. The molecule has 282 valence electrons. The van der Waals surface area contributed by atoms with Crippen LogP contribution in [0.4, 0.5) is 11.4 Å². The predicted molar refractivity (Wildman–Crippen MR) is 240 cm³/mol. The van der Waals surface area contributed by atoms with E-state index in [2.05, 4.69) is 168 Å². The smallest absolute Gasteiger partial charge is 0.163 e. The zero-order valence-corrected chi connectivity index (χ0v) is 33.6. The number of para-hydroxylation sites is 4. The molecular weight excluding hydrogens is 695 g/mol. The molecule has 0 atom stereocenters. The Morgan fingerprint density at radius 1 is 0.404 bits per heavy atom. The van der Waals surface area contributed by atoms with E-state index in [1.54, 1.807) is 0 Å². The van der Waals surface area contributed by atoms with Crippen molar-refractivity contribution in [3.05, 3.63) is 211 Å². The zero-order valence-electron chi connectivity index (χ0n) is 33.6. The molecule has 0 aliphatic carbocycles. The molecule has 10 rings (SSSR count). The van der Waals surface area contributed by atoms with Gasteiger partial charge in [-0.15, -0.1) is 0 Å². The first-order valence-electron chi connectivity index (χ1n) is 19.4. The Hall–Kier alpha value is -6.85. The molecule has 0 fully saturated rings. The van der Waals surface area contributed by atoms with Crippen LogP contribution >= 0.6 is 0 Å². The van der Waals surface area contributed by atoms with Gasteiger partial charge in [-0.2, -0.15) is 0 Å². The highest BCUT2D eigenvalue weighted by Crippen LogP contribution is 2.47. The number of rotatable bonds is 2. The largest absolute Gasteiger partial charge is 0.344 e. The van der Waals surface area contributed by atoms with Crippen molar-refractivity contribution in [1.82, 2.24) is 19.5 Å². The summed E-state index contributed by atoms with van der Waals surface area (Å²) < 4.78 is 2.24. The number of hydrogen-bond acceptors (Lipinski definition) is 4. The summed E-state index contributed by atoms with van der Waals surface area (Å²) >= 11 is 0. The summed E-state index contributed by atoms with van der Waals surface area (Å²) in [7, 11) is 4.26. The lowest BCUT2D eigenvalue weighted by Gasteiger charge is -2.40. The lowest BCUT2D eigenvalue weighted by atomic mass is 9.74. The van der Waals surface area contributed by atoms with Crippen molar-refractivity contribution in [1.29, 1.82) is 0 Å². The predicted octanol–water partition coefficient (Wildman–Crippen LogP) is 12.9. The first-order valence-corrected chi connectivity index (χ1v) is 19.4. The van der Waals surface area contributed by atoms with Crippen molar-refractivity contribution in [2.75, 3.05) is 11.9 Å². The quantitative estimate of drug-likeness (QED) is 0.177. The van der Waals surface area contributed by atoms with Gasteiger partial charge in [-0.25, -0.2) is 15.0 Å². The second-order valence-electron chi connectivity index (χ2n) is 14.7. The SMILES string of the molecule is CN1c2ccccc2C(C)(C)c2ccccc21.Cc1ccccc1.Cc1nc(-c2ccccc2)nc(-c2ccccc2)n1.Cn1c2ccccc2c2ccccc21. The molecular formula is C52H49N5. The number of hydrogen-bond donors (Lipinski definition) is 0. The highest BCUT2D eigenvalue weighted by molar-refractivity contribution is 6.07. The van der Waals surface area contributed by atoms with Gasteiger partial charge in [-0.1, -0.05) is 183 Å². The van der Waals surface area contributed by atoms with Crippen LogP contribution in [0.5, 0.6) is 0 Å². The van der Waals surface area contributed by atoms with E-state index in [1.807, 2.05) is 85.8 Å². The van der Waals surface area contributed by atoms with Gasteiger partial charge in [0.15, 0.2) is 11.6 Å². The minimum Gasteiger partial charge on any atom is -0.344 e. The second-order valence-corrected chi connectivity index (χ2v) is 14.7. The van der Waals surface area contributed by atoms with Crippen LogP contribution in [0.2, 0.25) is 0 Å². The highest BCUT2D eigenvalue weighted by atomic mass is 15.1. The zero-order chi connectivity index (χ0) is 39.8. The Balaban J connectivity index is 0.000000121. The summed E-state index contributed by atoms with van der Waals surface area (Å²) in [6, 6.07) is 64.6. The third-order valence-corrected chi connectivity index (χ3v) is 10.5. The lowest BCUT2D eigenvalue weighted by molar-refractivity contribution is 0.629. The molecule has 2 aromatic heterocycles. The van der Waals surface area contributed by atoms with Crippen molar-refractivity contribution in [3.8, 4) is 22.8 Å². The van der Waals surface area contributed by atoms with E-state index in [-0.39, 0.29) is 5.41 Å². The molecule has 7 aromatic carbocycles. The normalized spacial score (nSPS) is 12.1. The van der Waals surface area contributed by atoms with E-state index >= 15 is 0 Å². The van der Waals surface area contributed by atoms with Crippen LogP contribution in [-0.4, -0.2) is 26.6 Å². The highest BCUT2D eigenvalue weighted by Gasteiger charge is 2.34. The summed E-state index contributed by atoms with van der Waals surface area (Å²) in [6.07, 6.45) is 0. The number of anilines is 2. The molecule has 1 aliphatic rings. The summed E-state index contributed by atoms with van der Waals surface area (Å²) in [6.45, 7) is 8.58. The Kier molecular flexibility index (Phi) is 11.7. The number of aryl methyl sites for hydroxylation is 3. The fourth-order valence-electron chi connectivity index (χ4n) is 7.43. The topological polar surface area (TPSA) is 46.8 Å². The summed E-state index contributed by atoms with van der Waals surface area (Å²) in [5.41, 5.74) is 11.5. The number of benzene rings is 7. The first-order chi connectivity index (χ1) is 27.7. The molecule has 9 aromatic rings. The van der Waals surface area contributed by atoms with Gasteiger partial charge in [0.2, 0.25) is 0 Å². The van der Waals surface area contributed by atoms with Crippen LogP contribution in [-0.2, 0) is 12.5 Å². The molecule has 0 N–H and O–H groups in total. The molecule has 5 heteroatoms. The van der Waals surface area contributed by atoms with E-state index in [0.29, 0.717) is 11.6 Å². The number of aromatic nitrogens is 4. The Bertz CT molecular complexity index is 2540. The van der Waals surface area contributed by atoms with Crippen molar-refractivity contribution in [3.63, 3.8) is 0 Å². The third kappa shape index (κ3) is 8.53. The average Bonchev–Trinajstić information content (AvgIpc) is 3.55. The molecule has 3 heterocycles. The van der Waals surface area contributed by atoms with Gasteiger partial charge in [0.25, 0.3) is 0 Å². The van der Waals surface area contributed by atoms with Crippen LogP contribution < -0.4 is 4.90 Å². The standard InChI is InChI=1S/C16H13N3.C16H17N.C13H11N.C7H8/c1-12-17-15(13-8-4-2-5-9-13)19-16(18-12)14-10-6-3-7-11-14;1-16(2)12-8-4-6-10-14(12)17(3)15-11-7-5-9-13(15)16;1-14-12-8-4-2-6-10(12)11-7-3-5-9-13(11)14;1-7-5-3-2-4-6-7/h2-11H,1H3;4-11H,1-3H3;2-9H,1H3;2-6H,1H3. The fraction of sp³-hybridized carbons (Fsp3) is 0.135. The minimum absolute atomic E-state index is 0.0830. The maximum absolute atomic E-state index is 4.55. The molecule has 1 aliphatic heterocycles. The van der Waals surface area contributed by atoms with Crippen molar-refractivity contribution >= 4 is 33.2 Å². The molecule has 0 spiro atoms. The maximum Gasteiger partial charge on any atom is 0.163 e. The average molecular weight is 744 g/mol. The Labute approximate surface area is 337 Å². The molecule has 0 saturated heterocycles. The Morgan fingerprint density at radius 2 is 0.772 bits per heavy atom. The van der Waals surface area contributed by atoms with Crippen LogP contribution in [0, 0.1) is 13.8 Å².